The smallest absolute Gasteiger partial charge is 0.222 e. The Balaban J connectivity index is 0.00000144. The van der Waals surface area contributed by atoms with Gasteiger partial charge in [0.2, 0.25) is 0 Å². The first-order valence-corrected chi connectivity index (χ1v) is 5.87. The van der Waals surface area contributed by atoms with Gasteiger partial charge in [0.15, 0.2) is 11.5 Å². The fourth-order valence-corrected chi connectivity index (χ4v) is 1.78. The van der Waals surface area contributed by atoms with Gasteiger partial charge in [-0.1, -0.05) is 36.4 Å². The summed E-state index contributed by atoms with van der Waals surface area (Å²) in [6.45, 7) is 0. The van der Waals surface area contributed by atoms with Crippen LogP contribution in [0.25, 0.3) is 0 Å². The van der Waals surface area contributed by atoms with Crippen molar-refractivity contribution < 1.29 is 35.3 Å². The van der Waals surface area contributed by atoms with E-state index in [0.29, 0.717) is 11.5 Å². The number of para-hydroxylation sites is 2. The van der Waals surface area contributed by atoms with E-state index in [9.17, 15) is 4.57 Å². The minimum atomic E-state index is -2.18. The average Bonchev–Trinajstić information content (AvgIpc) is 2.31. The Labute approximate surface area is 116 Å². The first-order chi connectivity index (χ1) is 7.84. The standard InChI is InChI=1S/C12H10O3P.Ti/c13-16(14-11-7-3-1-4-8-11)15-12-9-5-2-6-10-12;/h1-10H;/q+1;. The molecule has 0 atom stereocenters. The monoisotopic (exact) mass is 281 g/mol. The molecule has 0 saturated carbocycles. The van der Waals surface area contributed by atoms with Crippen molar-refractivity contribution in [2.75, 3.05) is 0 Å². The third kappa shape index (κ3) is 4.70. The molecule has 17 heavy (non-hydrogen) atoms. The first-order valence-electron chi connectivity index (χ1n) is 4.78. The normalized spacial score (nSPS) is 8.94. The molecule has 0 fully saturated rings. The van der Waals surface area contributed by atoms with E-state index < -0.39 is 8.25 Å². The van der Waals surface area contributed by atoms with E-state index in [0.717, 1.165) is 0 Å². The predicted molar refractivity (Wildman–Crippen MR) is 61.7 cm³/mol. The van der Waals surface area contributed by atoms with Gasteiger partial charge in [-0.25, -0.2) is 9.05 Å². The molecule has 0 unspecified atom stereocenters. The van der Waals surface area contributed by atoms with Crippen LogP contribution in [0.5, 0.6) is 11.5 Å². The number of hydrogen-bond donors (Lipinski definition) is 0. The van der Waals surface area contributed by atoms with Gasteiger partial charge in [0.1, 0.15) is 0 Å². The van der Waals surface area contributed by atoms with E-state index in [1.807, 2.05) is 12.1 Å². The van der Waals surface area contributed by atoms with Crippen LogP contribution in [0, 0.1) is 0 Å². The zero-order chi connectivity index (χ0) is 11.2. The Hall–Kier alpha value is -1.15. The molecule has 0 heterocycles. The summed E-state index contributed by atoms with van der Waals surface area (Å²) >= 11 is 0. The van der Waals surface area contributed by atoms with Crippen LogP contribution in [0.3, 0.4) is 0 Å². The molecule has 0 radical (unpaired) electrons. The van der Waals surface area contributed by atoms with E-state index in [1.54, 1.807) is 48.5 Å². The molecule has 0 aromatic heterocycles. The van der Waals surface area contributed by atoms with Gasteiger partial charge in [0.25, 0.3) is 0 Å². The Morgan fingerprint density at radius 3 is 1.41 bits per heavy atom. The van der Waals surface area contributed by atoms with E-state index in [4.69, 9.17) is 9.05 Å². The van der Waals surface area contributed by atoms with Crippen LogP contribution in [0.4, 0.5) is 0 Å². The predicted octanol–water partition coefficient (Wildman–Crippen LogP) is 3.80. The van der Waals surface area contributed by atoms with Crippen LogP contribution >= 0.6 is 8.25 Å². The van der Waals surface area contributed by atoms with E-state index in [1.165, 1.54) is 0 Å². The molecule has 0 aliphatic rings. The van der Waals surface area contributed by atoms with Crippen molar-refractivity contribution in [3.63, 3.8) is 0 Å². The minimum Gasteiger partial charge on any atom is -0.222 e. The third-order valence-corrected chi connectivity index (χ3v) is 2.57. The molecule has 2 aromatic carbocycles. The topological polar surface area (TPSA) is 35.5 Å². The largest absolute Gasteiger partial charge is 0.805 e. The van der Waals surface area contributed by atoms with Crippen LogP contribution in [0.2, 0.25) is 0 Å². The molecule has 2 rings (SSSR count). The second-order valence-electron chi connectivity index (χ2n) is 3.03. The third-order valence-electron chi connectivity index (χ3n) is 1.85. The SMILES string of the molecule is O=[P+](Oc1ccccc1)Oc1ccccc1.[Ti]. The number of hydrogen-bond acceptors (Lipinski definition) is 3. The first kappa shape index (κ1) is 13.9. The fourth-order valence-electron chi connectivity index (χ4n) is 1.15. The molecule has 2 aromatic rings. The molecule has 0 aliphatic heterocycles. The summed E-state index contributed by atoms with van der Waals surface area (Å²) in [6, 6.07) is 17.8. The van der Waals surface area contributed by atoms with Crippen LogP contribution in [-0.4, -0.2) is 0 Å². The van der Waals surface area contributed by atoms with E-state index in [2.05, 4.69) is 0 Å². The van der Waals surface area contributed by atoms with Crippen molar-refractivity contribution in [2.24, 2.45) is 0 Å². The Morgan fingerprint density at radius 2 is 1.06 bits per heavy atom. The van der Waals surface area contributed by atoms with Crippen molar-refractivity contribution in [1.29, 1.82) is 0 Å². The van der Waals surface area contributed by atoms with Gasteiger partial charge in [-0.15, -0.1) is 0 Å². The van der Waals surface area contributed by atoms with Gasteiger partial charge in [-0.2, -0.15) is 0 Å². The van der Waals surface area contributed by atoms with E-state index in [-0.39, 0.29) is 21.7 Å². The number of rotatable bonds is 4. The summed E-state index contributed by atoms with van der Waals surface area (Å²) in [5.41, 5.74) is 0. The van der Waals surface area contributed by atoms with Gasteiger partial charge >= 0.3 is 8.25 Å². The van der Waals surface area contributed by atoms with Gasteiger partial charge in [-0.3, -0.25) is 0 Å². The van der Waals surface area contributed by atoms with E-state index >= 15 is 0 Å². The van der Waals surface area contributed by atoms with Gasteiger partial charge < -0.3 is 0 Å². The van der Waals surface area contributed by atoms with Gasteiger partial charge in [0, 0.05) is 26.3 Å². The van der Waals surface area contributed by atoms with Crippen molar-refractivity contribution in [3.8, 4) is 11.5 Å². The molecule has 5 heteroatoms. The molecule has 0 bridgehead atoms. The average molecular weight is 281 g/mol. The molecule has 0 amide bonds. The molecule has 0 saturated heterocycles. The van der Waals surface area contributed by atoms with Crippen LogP contribution < -0.4 is 9.05 Å². The summed E-state index contributed by atoms with van der Waals surface area (Å²) in [6.07, 6.45) is 0. The summed E-state index contributed by atoms with van der Waals surface area (Å²) in [5, 5.41) is 0. The van der Waals surface area contributed by atoms with Crippen molar-refractivity contribution in [2.45, 2.75) is 0 Å². The fraction of sp³-hybridized carbons (Fsp3) is 0. The summed E-state index contributed by atoms with van der Waals surface area (Å²) in [4.78, 5) is 0. The van der Waals surface area contributed by atoms with Gasteiger partial charge in [0.05, 0.1) is 0 Å². The molecule has 0 spiro atoms. The summed E-state index contributed by atoms with van der Waals surface area (Å²) in [5.74, 6) is 1.05. The molecular formula is C12H10O3PTi+. The minimum absolute atomic E-state index is 0. The number of benzene rings is 2. The van der Waals surface area contributed by atoms with Crippen molar-refractivity contribution in [3.05, 3.63) is 60.7 Å². The Kier molecular flexibility index (Phi) is 5.92. The molecule has 3 nitrogen and oxygen atoms in total. The summed E-state index contributed by atoms with van der Waals surface area (Å²) in [7, 11) is -2.18. The molecular weight excluding hydrogens is 271 g/mol. The van der Waals surface area contributed by atoms with Crippen LogP contribution in [0.1, 0.15) is 0 Å². The van der Waals surface area contributed by atoms with Crippen molar-refractivity contribution in [1.82, 2.24) is 0 Å². The molecule has 0 aliphatic carbocycles. The molecule has 0 N–H and O–H groups in total. The molecule has 84 valence electrons. The van der Waals surface area contributed by atoms with Crippen LogP contribution in [-0.2, 0) is 26.3 Å². The van der Waals surface area contributed by atoms with Crippen LogP contribution in [0.15, 0.2) is 60.7 Å². The Morgan fingerprint density at radius 1 is 0.706 bits per heavy atom. The second-order valence-corrected chi connectivity index (χ2v) is 3.84. The quantitative estimate of drug-likeness (QED) is 0.631. The summed E-state index contributed by atoms with van der Waals surface area (Å²) < 4.78 is 21.7. The Bertz CT molecular complexity index is 418. The maximum absolute atomic E-state index is 11.5. The maximum Gasteiger partial charge on any atom is 0.805 e. The zero-order valence-electron chi connectivity index (χ0n) is 8.95. The van der Waals surface area contributed by atoms with Gasteiger partial charge in [-0.05, 0) is 24.3 Å². The second kappa shape index (κ2) is 7.23. The maximum atomic E-state index is 11.5. The zero-order valence-corrected chi connectivity index (χ0v) is 11.4. The van der Waals surface area contributed by atoms with Crippen molar-refractivity contribution >= 4 is 8.25 Å².